The van der Waals surface area contributed by atoms with E-state index in [-0.39, 0.29) is 0 Å². The predicted molar refractivity (Wildman–Crippen MR) is 79.7 cm³/mol. The van der Waals surface area contributed by atoms with E-state index in [1.807, 2.05) is 0 Å². The van der Waals surface area contributed by atoms with Crippen LogP contribution in [0.4, 0.5) is 5.69 Å². The summed E-state index contributed by atoms with van der Waals surface area (Å²) >= 11 is 3.55. The molecular formula is C14H23BrN2. The highest BCUT2D eigenvalue weighted by Crippen LogP contribution is 2.24. The van der Waals surface area contributed by atoms with Crippen LogP contribution in [-0.2, 0) is 6.54 Å². The third kappa shape index (κ3) is 4.32. The van der Waals surface area contributed by atoms with Crippen LogP contribution in [0.2, 0.25) is 0 Å². The molecule has 0 amide bonds. The van der Waals surface area contributed by atoms with Gasteiger partial charge < -0.3 is 10.2 Å². The summed E-state index contributed by atoms with van der Waals surface area (Å²) in [6.07, 6.45) is 1.19. The van der Waals surface area contributed by atoms with Crippen LogP contribution in [0.1, 0.15) is 32.8 Å². The third-order valence-corrected chi connectivity index (χ3v) is 3.32. The maximum Gasteiger partial charge on any atom is 0.0412 e. The number of nitrogens with zero attached hydrogens (tertiary/aromatic N) is 1. The number of benzene rings is 1. The second-order valence-electron chi connectivity index (χ2n) is 4.13. The number of rotatable bonds is 7. The minimum atomic E-state index is 0.936. The first-order valence-electron chi connectivity index (χ1n) is 6.47. The molecule has 0 heterocycles. The molecule has 0 radical (unpaired) electrons. The second-order valence-corrected chi connectivity index (χ2v) is 5.05. The molecule has 0 fully saturated rings. The van der Waals surface area contributed by atoms with E-state index in [1.165, 1.54) is 17.7 Å². The summed E-state index contributed by atoms with van der Waals surface area (Å²) in [6, 6.07) is 6.56. The fourth-order valence-electron chi connectivity index (χ4n) is 1.98. The van der Waals surface area contributed by atoms with E-state index in [0.29, 0.717) is 0 Å². The molecule has 1 aromatic rings. The van der Waals surface area contributed by atoms with Gasteiger partial charge in [0.2, 0.25) is 0 Å². The van der Waals surface area contributed by atoms with Gasteiger partial charge in [0.15, 0.2) is 0 Å². The molecule has 1 N–H and O–H groups in total. The molecule has 96 valence electrons. The lowest BCUT2D eigenvalue weighted by molar-refractivity contribution is 0.716. The second kappa shape index (κ2) is 7.72. The van der Waals surface area contributed by atoms with E-state index in [9.17, 15) is 0 Å². The summed E-state index contributed by atoms with van der Waals surface area (Å²) in [7, 11) is 0. The van der Waals surface area contributed by atoms with Crippen LogP contribution in [0.3, 0.4) is 0 Å². The Hall–Kier alpha value is -0.540. The number of anilines is 1. The lowest BCUT2D eigenvalue weighted by atomic mass is 10.1. The number of hydrogen-bond acceptors (Lipinski definition) is 2. The van der Waals surface area contributed by atoms with Gasteiger partial charge in [-0.25, -0.2) is 0 Å². The molecule has 0 bridgehead atoms. The van der Waals surface area contributed by atoms with Crippen LogP contribution in [-0.4, -0.2) is 19.6 Å². The zero-order valence-electron chi connectivity index (χ0n) is 11.1. The first-order valence-corrected chi connectivity index (χ1v) is 7.26. The van der Waals surface area contributed by atoms with E-state index in [4.69, 9.17) is 0 Å². The van der Waals surface area contributed by atoms with Gasteiger partial charge >= 0.3 is 0 Å². The largest absolute Gasteiger partial charge is 0.372 e. The Morgan fingerprint density at radius 2 is 2.00 bits per heavy atom. The van der Waals surface area contributed by atoms with E-state index < -0.39 is 0 Å². The van der Waals surface area contributed by atoms with E-state index in [1.54, 1.807) is 0 Å². The van der Waals surface area contributed by atoms with Crippen molar-refractivity contribution in [2.24, 2.45) is 0 Å². The maximum absolute atomic E-state index is 3.55. The summed E-state index contributed by atoms with van der Waals surface area (Å²) in [6.45, 7) is 10.7. The summed E-state index contributed by atoms with van der Waals surface area (Å²) in [5, 5.41) is 3.41. The zero-order valence-corrected chi connectivity index (χ0v) is 12.7. The Morgan fingerprint density at radius 3 is 2.59 bits per heavy atom. The van der Waals surface area contributed by atoms with Crippen LogP contribution in [0.25, 0.3) is 0 Å². The first-order chi connectivity index (χ1) is 8.22. The van der Waals surface area contributed by atoms with Crippen molar-refractivity contribution in [3.05, 3.63) is 28.2 Å². The van der Waals surface area contributed by atoms with Crippen molar-refractivity contribution in [3.8, 4) is 0 Å². The topological polar surface area (TPSA) is 15.3 Å². The normalized spacial score (nSPS) is 10.6. The molecule has 1 rings (SSSR count). The lowest BCUT2D eigenvalue weighted by Crippen LogP contribution is -2.25. The van der Waals surface area contributed by atoms with Crippen molar-refractivity contribution >= 4 is 21.6 Å². The van der Waals surface area contributed by atoms with Crippen molar-refractivity contribution in [3.63, 3.8) is 0 Å². The standard InChI is InChI=1S/C14H23BrN2/c1-4-9-17(6-3)14-8-7-13(15)10-12(14)11-16-5-2/h7-8,10,16H,4-6,9,11H2,1-3H3. The Labute approximate surface area is 114 Å². The molecule has 0 unspecified atom stereocenters. The van der Waals surface area contributed by atoms with E-state index >= 15 is 0 Å². The van der Waals surface area contributed by atoms with Gasteiger partial charge in [-0.2, -0.15) is 0 Å². The average Bonchev–Trinajstić information content (AvgIpc) is 2.34. The molecule has 17 heavy (non-hydrogen) atoms. The smallest absolute Gasteiger partial charge is 0.0412 e. The molecule has 0 saturated heterocycles. The molecule has 0 aromatic heterocycles. The minimum Gasteiger partial charge on any atom is -0.372 e. The van der Waals surface area contributed by atoms with Gasteiger partial charge in [0.05, 0.1) is 0 Å². The van der Waals surface area contributed by atoms with Gasteiger partial charge in [0.1, 0.15) is 0 Å². The monoisotopic (exact) mass is 298 g/mol. The summed E-state index contributed by atoms with van der Waals surface area (Å²) in [5.74, 6) is 0. The molecule has 0 aliphatic heterocycles. The van der Waals surface area contributed by atoms with Crippen molar-refractivity contribution < 1.29 is 0 Å². The molecule has 0 atom stereocenters. The third-order valence-electron chi connectivity index (χ3n) is 2.82. The molecule has 3 heteroatoms. The van der Waals surface area contributed by atoms with Crippen LogP contribution < -0.4 is 10.2 Å². The van der Waals surface area contributed by atoms with Crippen LogP contribution in [0.5, 0.6) is 0 Å². The zero-order chi connectivity index (χ0) is 12.7. The van der Waals surface area contributed by atoms with Gasteiger partial charge in [-0.15, -0.1) is 0 Å². The summed E-state index contributed by atoms with van der Waals surface area (Å²) < 4.78 is 1.15. The summed E-state index contributed by atoms with van der Waals surface area (Å²) in [4.78, 5) is 2.44. The highest BCUT2D eigenvalue weighted by molar-refractivity contribution is 9.10. The van der Waals surface area contributed by atoms with Crippen molar-refractivity contribution in [1.29, 1.82) is 0 Å². The van der Waals surface area contributed by atoms with Gasteiger partial charge in [0, 0.05) is 29.8 Å². The first kappa shape index (κ1) is 14.5. The lowest BCUT2D eigenvalue weighted by Gasteiger charge is -2.25. The van der Waals surface area contributed by atoms with Gasteiger partial charge in [-0.3, -0.25) is 0 Å². The molecule has 2 nitrogen and oxygen atoms in total. The van der Waals surface area contributed by atoms with Crippen molar-refractivity contribution in [2.75, 3.05) is 24.5 Å². The van der Waals surface area contributed by atoms with Gasteiger partial charge in [0.25, 0.3) is 0 Å². The molecule has 0 aliphatic rings. The van der Waals surface area contributed by atoms with E-state index in [0.717, 1.165) is 30.7 Å². The van der Waals surface area contributed by atoms with Gasteiger partial charge in [-0.1, -0.05) is 29.8 Å². The number of halogens is 1. The average molecular weight is 299 g/mol. The Morgan fingerprint density at radius 1 is 1.24 bits per heavy atom. The molecular weight excluding hydrogens is 276 g/mol. The van der Waals surface area contributed by atoms with Gasteiger partial charge in [-0.05, 0) is 43.7 Å². The number of nitrogens with one attached hydrogen (secondary N) is 1. The highest BCUT2D eigenvalue weighted by Gasteiger charge is 2.09. The summed E-state index contributed by atoms with van der Waals surface area (Å²) in [5.41, 5.74) is 2.73. The van der Waals surface area contributed by atoms with E-state index in [2.05, 4.69) is 65.1 Å². The van der Waals surface area contributed by atoms with Crippen LogP contribution in [0, 0.1) is 0 Å². The highest BCUT2D eigenvalue weighted by atomic mass is 79.9. The molecule has 1 aromatic carbocycles. The minimum absolute atomic E-state index is 0.936. The SMILES string of the molecule is CCCN(CC)c1ccc(Br)cc1CNCC. The fourth-order valence-corrected chi connectivity index (χ4v) is 2.39. The predicted octanol–water partition coefficient (Wildman–Crippen LogP) is 3.79. The van der Waals surface area contributed by atoms with Crippen molar-refractivity contribution in [1.82, 2.24) is 5.32 Å². The Kier molecular flexibility index (Phi) is 6.60. The Balaban J connectivity index is 2.94. The molecule has 0 saturated carbocycles. The van der Waals surface area contributed by atoms with Crippen LogP contribution >= 0.6 is 15.9 Å². The van der Waals surface area contributed by atoms with Crippen molar-refractivity contribution in [2.45, 2.75) is 33.7 Å². The quantitative estimate of drug-likeness (QED) is 0.824. The Bertz CT molecular complexity index is 339. The van der Waals surface area contributed by atoms with Crippen LogP contribution in [0.15, 0.2) is 22.7 Å². The molecule has 0 aliphatic carbocycles. The fraction of sp³-hybridized carbons (Fsp3) is 0.571. The molecule has 0 spiro atoms. The maximum atomic E-state index is 3.55. The number of hydrogen-bond donors (Lipinski definition) is 1.